The van der Waals surface area contributed by atoms with Crippen molar-refractivity contribution >= 4 is 17.6 Å². The van der Waals surface area contributed by atoms with Crippen molar-refractivity contribution in [1.82, 2.24) is 20.0 Å². The fraction of sp³-hybridized carbons (Fsp3) is 0.318. The van der Waals surface area contributed by atoms with E-state index >= 15 is 0 Å². The lowest BCUT2D eigenvalue weighted by Crippen LogP contribution is -2.27. The third kappa shape index (κ3) is 4.66. The van der Waals surface area contributed by atoms with Crippen LogP contribution in [0.1, 0.15) is 57.5 Å². The highest BCUT2D eigenvalue weighted by Crippen LogP contribution is 2.34. The van der Waals surface area contributed by atoms with Crippen molar-refractivity contribution in [2.45, 2.75) is 39.3 Å². The number of aryl methyl sites for hydroxylation is 1. The largest absolute Gasteiger partial charge is 0.471 e. The van der Waals surface area contributed by atoms with Gasteiger partial charge in [-0.2, -0.15) is 0 Å². The van der Waals surface area contributed by atoms with Crippen molar-refractivity contribution in [3.63, 3.8) is 0 Å². The Morgan fingerprint density at radius 2 is 2.12 bits per heavy atom. The van der Waals surface area contributed by atoms with Crippen LogP contribution < -0.4 is 10.1 Å². The number of halogens is 2. The number of carbonyl (C=O) groups is 2. The number of pyridine rings is 2. The van der Waals surface area contributed by atoms with Crippen LogP contribution in [0.3, 0.4) is 0 Å². The van der Waals surface area contributed by atoms with E-state index < -0.39 is 18.4 Å². The Bertz CT molecular complexity index is 1190. The van der Waals surface area contributed by atoms with Crippen LogP contribution in [0, 0.1) is 6.92 Å². The molecule has 3 aromatic heterocycles. The topological polar surface area (TPSA) is 110 Å². The number of hydrogen-bond donors (Lipinski definition) is 1. The number of amides is 2. The first-order chi connectivity index (χ1) is 15.6. The Hall–Kier alpha value is -3.89. The molecule has 0 saturated heterocycles. The fourth-order valence-electron chi connectivity index (χ4n) is 3.51. The molecule has 0 aromatic carbocycles. The van der Waals surface area contributed by atoms with E-state index in [1.807, 2.05) is 6.92 Å². The van der Waals surface area contributed by atoms with E-state index in [1.54, 1.807) is 24.0 Å². The highest BCUT2D eigenvalue weighted by molar-refractivity contribution is 6.05. The average molecular weight is 457 g/mol. The quantitative estimate of drug-likeness (QED) is 0.575. The Kier molecular flexibility index (Phi) is 5.79. The molecule has 2 amide bonds. The predicted octanol–water partition coefficient (Wildman–Crippen LogP) is 3.78. The molecule has 0 fully saturated rings. The van der Waals surface area contributed by atoms with Crippen LogP contribution in [0.5, 0.6) is 5.88 Å². The third-order valence-corrected chi connectivity index (χ3v) is 5.23. The van der Waals surface area contributed by atoms with Gasteiger partial charge in [-0.05, 0) is 31.5 Å². The van der Waals surface area contributed by atoms with Gasteiger partial charge in [-0.1, -0.05) is 5.16 Å². The summed E-state index contributed by atoms with van der Waals surface area (Å²) in [5.41, 5.74) is 2.30. The first-order valence-electron chi connectivity index (χ1n) is 10.1. The van der Waals surface area contributed by atoms with E-state index in [0.717, 1.165) is 6.92 Å². The lowest BCUT2D eigenvalue weighted by atomic mass is 10.1. The minimum atomic E-state index is -2.97. The molecule has 0 bridgehead atoms. The van der Waals surface area contributed by atoms with E-state index in [-0.39, 0.29) is 36.0 Å². The first-order valence-corrected chi connectivity index (χ1v) is 10.1. The Morgan fingerprint density at radius 3 is 2.79 bits per heavy atom. The summed E-state index contributed by atoms with van der Waals surface area (Å²) >= 11 is 0. The molecule has 11 heteroatoms. The summed E-state index contributed by atoms with van der Waals surface area (Å²) in [7, 11) is 0. The van der Waals surface area contributed by atoms with Crippen LogP contribution in [-0.2, 0) is 6.54 Å². The standard InChI is InChI=1S/C22H21F2N5O4/c1-12-8-14(9-26-20(12)32-11-22(3,23)24)13(2)29-10-16-15(21(29)31)4-6-25-18(16)28-19(30)17-5-7-27-33-17/h4-9,13H,10-11H2,1-3H3,(H,25,28,30). The minimum Gasteiger partial charge on any atom is -0.471 e. The number of hydrogen-bond acceptors (Lipinski definition) is 7. The van der Waals surface area contributed by atoms with Gasteiger partial charge in [0.15, 0.2) is 6.61 Å². The Balaban J connectivity index is 1.52. The summed E-state index contributed by atoms with van der Waals surface area (Å²) in [6.07, 6.45) is 4.30. The summed E-state index contributed by atoms with van der Waals surface area (Å²) in [4.78, 5) is 35.4. The highest BCUT2D eigenvalue weighted by Gasteiger charge is 2.34. The molecule has 172 valence electrons. The molecule has 1 aliphatic rings. The normalized spacial score (nSPS) is 14.2. The van der Waals surface area contributed by atoms with Crippen LogP contribution in [0.25, 0.3) is 0 Å². The summed E-state index contributed by atoms with van der Waals surface area (Å²) in [5, 5.41) is 6.16. The van der Waals surface area contributed by atoms with Gasteiger partial charge in [0.05, 0.1) is 18.8 Å². The molecule has 1 atom stereocenters. The number of carbonyl (C=O) groups excluding carboxylic acids is 2. The molecule has 0 radical (unpaired) electrons. The Morgan fingerprint density at radius 1 is 1.33 bits per heavy atom. The van der Waals surface area contributed by atoms with Crippen LogP contribution in [-0.4, -0.2) is 44.4 Å². The van der Waals surface area contributed by atoms with Gasteiger partial charge in [0.25, 0.3) is 17.7 Å². The number of anilines is 1. The van der Waals surface area contributed by atoms with E-state index in [2.05, 4.69) is 20.4 Å². The summed E-state index contributed by atoms with van der Waals surface area (Å²) in [5.74, 6) is -3.32. The zero-order valence-electron chi connectivity index (χ0n) is 18.1. The van der Waals surface area contributed by atoms with Gasteiger partial charge in [0, 0.05) is 42.1 Å². The molecule has 33 heavy (non-hydrogen) atoms. The molecule has 9 nitrogen and oxygen atoms in total. The van der Waals surface area contributed by atoms with E-state index in [4.69, 9.17) is 9.26 Å². The third-order valence-electron chi connectivity index (χ3n) is 5.23. The summed E-state index contributed by atoms with van der Waals surface area (Å²) in [6, 6.07) is 4.39. The van der Waals surface area contributed by atoms with Gasteiger partial charge in [0.1, 0.15) is 5.82 Å². The molecule has 0 spiro atoms. The average Bonchev–Trinajstić information content (AvgIpc) is 3.41. The second-order valence-electron chi connectivity index (χ2n) is 7.88. The molecule has 0 aliphatic carbocycles. The maximum Gasteiger partial charge on any atom is 0.295 e. The van der Waals surface area contributed by atoms with Crippen LogP contribution >= 0.6 is 0 Å². The lowest BCUT2D eigenvalue weighted by molar-refractivity contribution is -0.0244. The van der Waals surface area contributed by atoms with Crippen LogP contribution in [0.15, 0.2) is 41.3 Å². The van der Waals surface area contributed by atoms with Crippen molar-refractivity contribution < 1.29 is 27.6 Å². The highest BCUT2D eigenvalue weighted by atomic mass is 19.3. The number of ether oxygens (including phenoxy) is 1. The molecule has 4 rings (SSSR count). The molecule has 0 saturated carbocycles. The van der Waals surface area contributed by atoms with Gasteiger partial charge in [0.2, 0.25) is 11.6 Å². The zero-order valence-corrected chi connectivity index (χ0v) is 18.1. The van der Waals surface area contributed by atoms with Gasteiger partial charge in [-0.3, -0.25) is 9.59 Å². The SMILES string of the molecule is Cc1cc(C(C)N2Cc3c(ccnc3NC(=O)c3ccno3)C2=O)cnc1OCC(C)(F)F. The molecular formula is C22H21F2N5O4. The molecule has 4 heterocycles. The minimum absolute atomic E-state index is 0.0219. The number of fused-ring (bicyclic) bond motifs is 1. The second-order valence-corrected chi connectivity index (χ2v) is 7.88. The molecule has 3 aromatic rings. The first kappa shape index (κ1) is 22.3. The van der Waals surface area contributed by atoms with E-state index in [0.29, 0.717) is 22.3 Å². The monoisotopic (exact) mass is 457 g/mol. The van der Waals surface area contributed by atoms with E-state index in [9.17, 15) is 18.4 Å². The second kappa shape index (κ2) is 8.57. The van der Waals surface area contributed by atoms with Crippen molar-refractivity contribution in [2.24, 2.45) is 0 Å². The van der Waals surface area contributed by atoms with Crippen LogP contribution in [0.2, 0.25) is 0 Å². The number of alkyl halides is 2. The molecular weight excluding hydrogens is 436 g/mol. The fourth-order valence-corrected chi connectivity index (χ4v) is 3.51. The summed E-state index contributed by atoms with van der Waals surface area (Å²) < 4.78 is 36.1. The van der Waals surface area contributed by atoms with Crippen molar-refractivity contribution in [1.29, 1.82) is 0 Å². The molecule has 1 aliphatic heterocycles. The molecule has 1 N–H and O–H groups in total. The molecule has 1 unspecified atom stereocenters. The number of aromatic nitrogens is 3. The van der Waals surface area contributed by atoms with Crippen molar-refractivity contribution in [2.75, 3.05) is 11.9 Å². The number of nitrogens with zero attached hydrogens (tertiary/aromatic N) is 4. The van der Waals surface area contributed by atoms with Crippen LogP contribution in [0.4, 0.5) is 14.6 Å². The number of nitrogens with one attached hydrogen (secondary N) is 1. The maximum absolute atomic E-state index is 13.1. The van der Waals surface area contributed by atoms with E-state index in [1.165, 1.54) is 24.7 Å². The predicted molar refractivity (Wildman–Crippen MR) is 112 cm³/mol. The van der Waals surface area contributed by atoms with Crippen molar-refractivity contribution in [3.8, 4) is 5.88 Å². The lowest BCUT2D eigenvalue weighted by Gasteiger charge is -2.25. The smallest absolute Gasteiger partial charge is 0.295 e. The summed E-state index contributed by atoms with van der Waals surface area (Å²) in [6.45, 7) is 3.75. The zero-order chi connectivity index (χ0) is 23.8. The van der Waals surface area contributed by atoms with Gasteiger partial charge in [-0.15, -0.1) is 0 Å². The van der Waals surface area contributed by atoms with Crippen molar-refractivity contribution in [3.05, 3.63) is 64.8 Å². The number of rotatable bonds is 7. The van der Waals surface area contributed by atoms with Gasteiger partial charge < -0.3 is 19.5 Å². The van der Waals surface area contributed by atoms with Gasteiger partial charge in [-0.25, -0.2) is 18.7 Å². The Labute approximate surface area is 187 Å². The maximum atomic E-state index is 13.1. The van der Waals surface area contributed by atoms with Gasteiger partial charge >= 0.3 is 0 Å².